The maximum Gasteiger partial charge on any atom is 0.317 e. The highest BCUT2D eigenvalue weighted by Crippen LogP contribution is 2.20. The lowest BCUT2D eigenvalue weighted by atomic mass is 10.2. The Morgan fingerprint density at radius 2 is 2.14 bits per heavy atom. The second kappa shape index (κ2) is 7.61. The zero-order chi connectivity index (χ0) is 16.1. The van der Waals surface area contributed by atoms with Crippen LogP contribution in [0.2, 0.25) is 0 Å². The predicted molar refractivity (Wildman–Crippen MR) is 87.6 cm³/mol. The SMILES string of the molecule is CC1CC(NC(=O)N(C)C(C)CO)CN1Cc1ccccc1. The predicted octanol–water partition coefficient (Wildman–Crippen LogP) is 1.67. The van der Waals surface area contributed by atoms with Crippen LogP contribution in [0.3, 0.4) is 0 Å². The lowest BCUT2D eigenvalue weighted by Gasteiger charge is -2.25. The topological polar surface area (TPSA) is 55.8 Å². The van der Waals surface area contributed by atoms with Crippen molar-refractivity contribution in [2.75, 3.05) is 20.2 Å². The summed E-state index contributed by atoms with van der Waals surface area (Å²) in [5, 5.41) is 12.2. The van der Waals surface area contributed by atoms with Crippen molar-refractivity contribution in [3.05, 3.63) is 35.9 Å². The molecule has 122 valence electrons. The summed E-state index contributed by atoms with van der Waals surface area (Å²) < 4.78 is 0. The molecule has 2 amide bonds. The summed E-state index contributed by atoms with van der Waals surface area (Å²) in [6.45, 7) is 5.79. The average Bonchev–Trinajstić information content (AvgIpc) is 2.86. The van der Waals surface area contributed by atoms with Gasteiger partial charge in [-0.05, 0) is 25.8 Å². The maximum absolute atomic E-state index is 12.2. The minimum atomic E-state index is -0.167. The van der Waals surface area contributed by atoms with Crippen molar-refractivity contribution in [3.63, 3.8) is 0 Å². The molecule has 0 radical (unpaired) electrons. The highest BCUT2D eigenvalue weighted by atomic mass is 16.3. The molecule has 0 aromatic heterocycles. The van der Waals surface area contributed by atoms with E-state index in [2.05, 4.69) is 41.4 Å². The quantitative estimate of drug-likeness (QED) is 0.870. The molecule has 1 aliphatic rings. The largest absolute Gasteiger partial charge is 0.394 e. The Morgan fingerprint density at radius 1 is 1.45 bits per heavy atom. The average molecular weight is 305 g/mol. The molecule has 5 heteroatoms. The van der Waals surface area contributed by atoms with Gasteiger partial charge in [0.05, 0.1) is 12.6 Å². The summed E-state index contributed by atoms with van der Waals surface area (Å²) in [6, 6.07) is 10.7. The van der Waals surface area contributed by atoms with Gasteiger partial charge in [-0.3, -0.25) is 4.90 Å². The van der Waals surface area contributed by atoms with E-state index in [1.807, 2.05) is 13.0 Å². The fourth-order valence-corrected chi connectivity index (χ4v) is 2.84. The number of rotatable bonds is 5. The first-order valence-corrected chi connectivity index (χ1v) is 7.93. The number of benzene rings is 1. The number of nitrogens with one attached hydrogen (secondary N) is 1. The first-order valence-electron chi connectivity index (χ1n) is 7.93. The van der Waals surface area contributed by atoms with Gasteiger partial charge in [0.15, 0.2) is 0 Å². The molecule has 22 heavy (non-hydrogen) atoms. The number of amides is 2. The van der Waals surface area contributed by atoms with Crippen LogP contribution in [0.25, 0.3) is 0 Å². The summed E-state index contributed by atoms with van der Waals surface area (Å²) in [5.41, 5.74) is 1.30. The van der Waals surface area contributed by atoms with Crippen molar-refractivity contribution in [2.24, 2.45) is 0 Å². The number of carbonyl (C=O) groups excluding carboxylic acids is 1. The molecule has 2 rings (SSSR count). The molecule has 0 bridgehead atoms. The normalized spacial score (nSPS) is 23.3. The number of likely N-dealkylation sites (tertiary alicyclic amines) is 1. The number of aliphatic hydroxyl groups is 1. The number of carbonyl (C=O) groups is 1. The Hall–Kier alpha value is -1.59. The first kappa shape index (κ1) is 16.8. The number of nitrogens with zero attached hydrogens (tertiary/aromatic N) is 2. The van der Waals surface area contributed by atoms with E-state index in [9.17, 15) is 4.79 Å². The molecule has 0 aliphatic carbocycles. The van der Waals surface area contributed by atoms with E-state index in [0.717, 1.165) is 19.5 Å². The van der Waals surface area contributed by atoms with E-state index in [1.54, 1.807) is 11.9 Å². The Kier molecular flexibility index (Phi) is 5.80. The number of aliphatic hydroxyl groups excluding tert-OH is 1. The van der Waals surface area contributed by atoms with E-state index in [1.165, 1.54) is 5.56 Å². The summed E-state index contributed by atoms with van der Waals surface area (Å²) in [4.78, 5) is 16.1. The molecule has 1 aromatic rings. The molecule has 5 nitrogen and oxygen atoms in total. The Labute approximate surface area is 132 Å². The van der Waals surface area contributed by atoms with Crippen molar-refractivity contribution >= 4 is 6.03 Å². The van der Waals surface area contributed by atoms with Gasteiger partial charge in [-0.2, -0.15) is 0 Å². The van der Waals surface area contributed by atoms with E-state index < -0.39 is 0 Å². The van der Waals surface area contributed by atoms with Crippen LogP contribution >= 0.6 is 0 Å². The molecular weight excluding hydrogens is 278 g/mol. The van der Waals surface area contributed by atoms with Crippen molar-refractivity contribution in [1.82, 2.24) is 15.1 Å². The summed E-state index contributed by atoms with van der Waals surface area (Å²) in [7, 11) is 1.72. The zero-order valence-corrected chi connectivity index (χ0v) is 13.7. The number of urea groups is 1. The minimum absolute atomic E-state index is 0.0227. The van der Waals surface area contributed by atoms with Crippen LogP contribution in [0.4, 0.5) is 4.79 Å². The second-order valence-corrected chi connectivity index (χ2v) is 6.29. The molecule has 3 atom stereocenters. The van der Waals surface area contributed by atoms with Gasteiger partial charge in [-0.25, -0.2) is 4.79 Å². The Bertz CT molecular complexity index is 480. The number of likely N-dealkylation sites (N-methyl/N-ethyl adjacent to an activating group) is 1. The van der Waals surface area contributed by atoms with E-state index in [0.29, 0.717) is 6.04 Å². The van der Waals surface area contributed by atoms with Gasteiger partial charge in [-0.1, -0.05) is 30.3 Å². The number of hydrogen-bond acceptors (Lipinski definition) is 3. The molecular formula is C17H27N3O2. The molecule has 0 spiro atoms. The maximum atomic E-state index is 12.2. The van der Waals surface area contributed by atoms with Crippen LogP contribution in [-0.4, -0.2) is 59.3 Å². The standard InChI is InChI=1S/C17H27N3O2/c1-13-9-16(18-17(22)19(3)14(2)12-21)11-20(13)10-15-7-5-4-6-8-15/h4-8,13-14,16,21H,9-12H2,1-3H3,(H,18,22). The van der Waals surface area contributed by atoms with Gasteiger partial charge in [0.25, 0.3) is 0 Å². The molecule has 3 unspecified atom stereocenters. The van der Waals surface area contributed by atoms with E-state index >= 15 is 0 Å². The smallest absolute Gasteiger partial charge is 0.317 e. The van der Waals surface area contributed by atoms with E-state index in [4.69, 9.17) is 5.11 Å². The van der Waals surface area contributed by atoms with Crippen LogP contribution in [0, 0.1) is 0 Å². The molecule has 1 saturated heterocycles. The lowest BCUT2D eigenvalue weighted by molar-refractivity contribution is 0.154. The van der Waals surface area contributed by atoms with Gasteiger partial charge in [0.2, 0.25) is 0 Å². The molecule has 0 saturated carbocycles. The first-order chi connectivity index (χ1) is 10.5. The zero-order valence-electron chi connectivity index (χ0n) is 13.7. The highest BCUT2D eigenvalue weighted by Gasteiger charge is 2.30. The molecule has 1 fully saturated rings. The summed E-state index contributed by atoms with van der Waals surface area (Å²) >= 11 is 0. The van der Waals surface area contributed by atoms with Crippen molar-refractivity contribution in [1.29, 1.82) is 0 Å². The molecule has 1 heterocycles. The van der Waals surface area contributed by atoms with Crippen LogP contribution in [-0.2, 0) is 6.54 Å². The van der Waals surface area contributed by atoms with Gasteiger partial charge in [0.1, 0.15) is 0 Å². The third-order valence-electron chi connectivity index (χ3n) is 4.51. The summed E-state index contributed by atoms with van der Waals surface area (Å²) in [5.74, 6) is 0. The van der Waals surface area contributed by atoms with Crippen LogP contribution in [0.1, 0.15) is 25.8 Å². The van der Waals surface area contributed by atoms with E-state index in [-0.39, 0.29) is 24.7 Å². The Morgan fingerprint density at radius 3 is 2.77 bits per heavy atom. The van der Waals surface area contributed by atoms with Crippen molar-refractivity contribution in [2.45, 2.75) is 44.9 Å². The molecule has 1 aromatic carbocycles. The van der Waals surface area contributed by atoms with Crippen LogP contribution in [0.15, 0.2) is 30.3 Å². The lowest BCUT2D eigenvalue weighted by Crippen LogP contribution is -2.48. The van der Waals surface area contributed by atoms with Crippen molar-refractivity contribution < 1.29 is 9.90 Å². The van der Waals surface area contributed by atoms with Crippen LogP contribution in [0.5, 0.6) is 0 Å². The fourth-order valence-electron chi connectivity index (χ4n) is 2.84. The molecule has 1 aliphatic heterocycles. The third kappa shape index (κ3) is 4.21. The summed E-state index contributed by atoms with van der Waals surface area (Å²) in [6.07, 6.45) is 0.958. The van der Waals surface area contributed by atoms with Gasteiger partial charge in [-0.15, -0.1) is 0 Å². The molecule has 2 N–H and O–H groups in total. The van der Waals surface area contributed by atoms with Crippen LogP contribution < -0.4 is 5.32 Å². The monoisotopic (exact) mass is 305 g/mol. The van der Waals surface area contributed by atoms with Gasteiger partial charge in [0, 0.05) is 32.2 Å². The highest BCUT2D eigenvalue weighted by molar-refractivity contribution is 5.74. The minimum Gasteiger partial charge on any atom is -0.394 e. The second-order valence-electron chi connectivity index (χ2n) is 6.29. The third-order valence-corrected chi connectivity index (χ3v) is 4.51. The number of hydrogen-bond donors (Lipinski definition) is 2. The van der Waals surface area contributed by atoms with Gasteiger partial charge >= 0.3 is 6.03 Å². The van der Waals surface area contributed by atoms with Gasteiger partial charge < -0.3 is 15.3 Å². The Balaban J connectivity index is 1.87. The fraction of sp³-hybridized carbons (Fsp3) is 0.588. The van der Waals surface area contributed by atoms with Crippen molar-refractivity contribution in [3.8, 4) is 0 Å².